The average molecular weight is 497 g/mol. The SMILES string of the molecule is Cc1nc2sc3c(=O)n(-c4cccc(Cl)c4)c(N4CCOCC4)nc3c2c2c1COC(C)(C)C2. The summed E-state index contributed by atoms with van der Waals surface area (Å²) in [5.74, 6) is 0.614. The first-order chi connectivity index (χ1) is 16.3. The number of thiophene rings is 1. The van der Waals surface area contributed by atoms with Crippen LogP contribution in [0.25, 0.3) is 26.1 Å². The van der Waals surface area contributed by atoms with Crippen LogP contribution in [0, 0.1) is 6.92 Å². The van der Waals surface area contributed by atoms with Crippen molar-refractivity contribution in [2.24, 2.45) is 0 Å². The van der Waals surface area contributed by atoms with Gasteiger partial charge in [-0.1, -0.05) is 17.7 Å². The fourth-order valence-corrected chi connectivity index (χ4v) is 6.20. The number of aryl methyl sites for hydroxylation is 1. The minimum Gasteiger partial charge on any atom is -0.378 e. The Labute approximate surface area is 205 Å². The van der Waals surface area contributed by atoms with E-state index in [-0.39, 0.29) is 11.2 Å². The highest BCUT2D eigenvalue weighted by Gasteiger charge is 2.32. The number of pyridine rings is 1. The molecular weight excluding hydrogens is 472 g/mol. The number of aromatic nitrogens is 3. The standard InChI is InChI=1S/C25H25ClN4O3S/c1-14-18-13-33-25(2,3)12-17(18)19-20-21(34-22(19)27-14)23(31)30(16-6-4-5-15(26)11-16)24(28-20)29-7-9-32-10-8-29/h4-6,11H,7-10,12-13H2,1-3H3. The van der Waals surface area contributed by atoms with Gasteiger partial charge in [-0.15, -0.1) is 11.3 Å². The van der Waals surface area contributed by atoms with Gasteiger partial charge in [-0.05, 0) is 44.5 Å². The Morgan fingerprint density at radius 3 is 2.71 bits per heavy atom. The Morgan fingerprint density at radius 2 is 1.94 bits per heavy atom. The number of halogens is 1. The fourth-order valence-electron chi connectivity index (χ4n) is 4.90. The van der Waals surface area contributed by atoms with E-state index in [9.17, 15) is 4.79 Å². The van der Waals surface area contributed by atoms with Crippen LogP contribution in [0.4, 0.5) is 5.95 Å². The maximum absolute atomic E-state index is 14.0. The summed E-state index contributed by atoms with van der Waals surface area (Å²) in [5, 5.41) is 1.56. The van der Waals surface area contributed by atoms with Crippen molar-refractivity contribution in [1.82, 2.24) is 14.5 Å². The van der Waals surface area contributed by atoms with Crippen LogP contribution in [0.3, 0.4) is 0 Å². The molecule has 0 saturated carbocycles. The third kappa shape index (κ3) is 3.51. The highest BCUT2D eigenvalue weighted by Crippen LogP contribution is 2.40. The second-order valence-electron chi connectivity index (χ2n) is 9.47. The van der Waals surface area contributed by atoms with Gasteiger partial charge in [0, 0.05) is 41.2 Å². The summed E-state index contributed by atoms with van der Waals surface area (Å²) in [4.78, 5) is 27.0. The van der Waals surface area contributed by atoms with Crippen LogP contribution >= 0.6 is 22.9 Å². The molecule has 9 heteroatoms. The molecule has 0 unspecified atom stereocenters. The van der Waals surface area contributed by atoms with Crippen molar-refractivity contribution >= 4 is 49.3 Å². The lowest BCUT2D eigenvalue weighted by Gasteiger charge is -2.33. The van der Waals surface area contributed by atoms with E-state index in [1.165, 1.54) is 16.9 Å². The van der Waals surface area contributed by atoms with Crippen LogP contribution < -0.4 is 10.5 Å². The fraction of sp³-hybridized carbons (Fsp3) is 0.400. The van der Waals surface area contributed by atoms with Crippen molar-refractivity contribution in [2.75, 3.05) is 31.2 Å². The van der Waals surface area contributed by atoms with E-state index < -0.39 is 0 Å². The van der Waals surface area contributed by atoms with E-state index in [0.29, 0.717) is 54.3 Å². The van der Waals surface area contributed by atoms with Gasteiger partial charge < -0.3 is 14.4 Å². The highest BCUT2D eigenvalue weighted by molar-refractivity contribution is 7.25. The summed E-state index contributed by atoms with van der Waals surface area (Å²) in [6.07, 6.45) is 0.750. The summed E-state index contributed by atoms with van der Waals surface area (Å²) < 4.78 is 13.9. The zero-order valence-electron chi connectivity index (χ0n) is 19.4. The molecule has 0 radical (unpaired) electrons. The summed E-state index contributed by atoms with van der Waals surface area (Å²) in [7, 11) is 0. The van der Waals surface area contributed by atoms with Crippen LogP contribution in [0.2, 0.25) is 5.02 Å². The Morgan fingerprint density at radius 1 is 1.15 bits per heavy atom. The second-order valence-corrected chi connectivity index (χ2v) is 10.9. The number of morpholine rings is 1. The molecule has 4 aromatic rings. The van der Waals surface area contributed by atoms with Crippen molar-refractivity contribution in [3.05, 3.63) is 56.5 Å². The zero-order valence-corrected chi connectivity index (χ0v) is 20.9. The molecule has 1 aromatic carbocycles. The predicted molar refractivity (Wildman–Crippen MR) is 136 cm³/mol. The molecule has 0 spiro atoms. The number of anilines is 1. The minimum atomic E-state index is -0.287. The second kappa shape index (κ2) is 8.02. The smallest absolute Gasteiger partial charge is 0.277 e. The van der Waals surface area contributed by atoms with E-state index in [2.05, 4.69) is 18.7 Å². The molecule has 1 saturated heterocycles. The highest BCUT2D eigenvalue weighted by atomic mass is 35.5. The maximum atomic E-state index is 14.0. The molecule has 7 nitrogen and oxygen atoms in total. The first-order valence-corrected chi connectivity index (χ1v) is 12.6. The summed E-state index contributed by atoms with van der Waals surface area (Å²) >= 11 is 7.72. The Hall–Kier alpha value is -2.52. The Balaban J connectivity index is 1.70. The van der Waals surface area contributed by atoms with E-state index >= 15 is 0 Å². The maximum Gasteiger partial charge on any atom is 0.277 e. The van der Waals surface area contributed by atoms with Gasteiger partial charge in [0.25, 0.3) is 5.56 Å². The third-order valence-electron chi connectivity index (χ3n) is 6.62. The molecule has 176 valence electrons. The van der Waals surface area contributed by atoms with Crippen molar-refractivity contribution in [2.45, 2.75) is 39.4 Å². The van der Waals surface area contributed by atoms with E-state index in [1.54, 1.807) is 16.7 Å². The van der Waals surface area contributed by atoms with Crippen molar-refractivity contribution in [1.29, 1.82) is 0 Å². The lowest BCUT2D eigenvalue weighted by atomic mass is 9.89. The molecule has 2 aliphatic heterocycles. The first-order valence-electron chi connectivity index (χ1n) is 11.4. The number of nitrogens with zero attached hydrogens (tertiary/aromatic N) is 4. The van der Waals surface area contributed by atoms with Crippen molar-refractivity contribution in [3.8, 4) is 5.69 Å². The largest absolute Gasteiger partial charge is 0.378 e. The number of rotatable bonds is 2. The Bertz CT molecular complexity index is 1500. The molecule has 5 heterocycles. The normalized spacial score (nSPS) is 17.9. The van der Waals surface area contributed by atoms with Crippen LogP contribution in [-0.4, -0.2) is 46.4 Å². The molecule has 0 atom stereocenters. The van der Waals surface area contributed by atoms with Gasteiger partial charge in [-0.3, -0.25) is 4.79 Å². The molecule has 0 bridgehead atoms. The van der Waals surface area contributed by atoms with Crippen molar-refractivity contribution in [3.63, 3.8) is 0 Å². The molecule has 0 amide bonds. The van der Waals surface area contributed by atoms with Crippen LogP contribution in [0.5, 0.6) is 0 Å². The molecular formula is C25H25ClN4O3S. The van der Waals surface area contributed by atoms with Crippen LogP contribution in [0.15, 0.2) is 29.1 Å². The lowest BCUT2D eigenvalue weighted by molar-refractivity contribution is -0.0400. The monoisotopic (exact) mass is 496 g/mol. The summed E-state index contributed by atoms with van der Waals surface area (Å²) in [6, 6.07) is 7.35. The topological polar surface area (TPSA) is 69.5 Å². The van der Waals surface area contributed by atoms with Gasteiger partial charge in [-0.2, -0.15) is 0 Å². The van der Waals surface area contributed by atoms with Gasteiger partial charge in [0.05, 0.1) is 31.1 Å². The molecule has 0 aliphatic carbocycles. The molecule has 0 N–H and O–H groups in total. The van der Waals surface area contributed by atoms with E-state index in [1.807, 2.05) is 19.1 Å². The average Bonchev–Trinajstić information content (AvgIpc) is 3.17. The Kier molecular flexibility index (Phi) is 5.18. The molecule has 2 aliphatic rings. The minimum absolute atomic E-state index is 0.102. The number of fused-ring (bicyclic) bond motifs is 5. The van der Waals surface area contributed by atoms with Gasteiger partial charge in [-0.25, -0.2) is 14.5 Å². The number of benzene rings is 1. The van der Waals surface area contributed by atoms with E-state index in [0.717, 1.165) is 33.4 Å². The van der Waals surface area contributed by atoms with Crippen molar-refractivity contribution < 1.29 is 9.47 Å². The molecule has 34 heavy (non-hydrogen) atoms. The van der Waals surface area contributed by atoms with Crippen LogP contribution in [-0.2, 0) is 22.5 Å². The van der Waals surface area contributed by atoms with Crippen LogP contribution in [0.1, 0.15) is 30.7 Å². The molecule has 1 fully saturated rings. The van der Waals surface area contributed by atoms with E-state index in [4.69, 9.17) is 31.0 Å². The molecule has 6 rings (SSSR count). The number of hydrogen-bond acceptors (Lipinski definition) is 7. The first kappa shape index (κ1) is 22.0. The van der Waals surface area contributed by atoms with Gasteiger partial charge in [0.2, 0.25) is 5.95 Å². The lowest BCUT2D eigenvalue weighted by Crippen LogP contribution is -2.40. The van der Waals surface area contributed by atoms with Gasteiger partial charge in [0.1, 0.15) is 15.0 Å². The number of hydrogen-bond donors (Lipinski definition) is 0. The molecule has 3 aromatic heterocycles. The van der Waals surface area contributed by atoms with Gasteiger partial charge >= 0.3 is 0 Å². The van der Waals surface area contributed by atoms with Gasteiger partial charge in [0.15, 0.2) is 0 Å². The summed E-state index contributed by atoms with van der Waals surface area (Å²) in [5.41, 5.74) is 4.30. The predicted octanol–water partition coefficient (Wildman–Crippen LogP) is 4.65. The quantitative estimate of drug-likeness (QED) is 0.402. The number of ether oxygens (including phenoxy) is 2. The zero-order chi connectivity index (χ0) is 23.6. The summed E-state index contributed by atoms with van der Waals surface area (Å²) in [6.45, 7) is 9.25. The third-order valence-corrected chi connectivity index (χ3v) is 7.91.